The SMILES string of the molecule is CNc1ccc(C(=O)O[C@@H](C)C(=O)Nc2ccccc2Cl)cc1[N+](=O)[O-]. The highest BCUT2D eigenvalue weighted by molar-refractivity contribution is 6.33. The van der Waals surface area contributed by atoms with E-state index in [1.165, 1.54) is 26.1 Å². The van der Waals surface area contributed by atoms with Crippen LogP contribution in [0.4, 0.5) is 17.1 Å². The standard InChI is InChI=1S/C17H16ClN3O5/c1-10(16(22)20-13-6-4-3-5-12(13)18)26-17(23)11-7-8-14(19-2)15(9-11)21(24)25/h3-10,19H,1-2H3,(H,20,22)/t10-/m0/s1. The third-order valence-corrected chi connectivity index (χ3v) is 3.81. The summed E-state index contributed by atoms with van der Waals surface area (Å²) in [5.41, 5.74) is 0.343. The largest absolute Gasteiger partial charge is 0.449 e. The van der Waals surface area contributed by atoms with Gasteiger partial charge in [0.15, 0.2) is 6.10 Å². The summed E-state index contributed by atoms with van der Waals surface area (Å²) in [5.74, 6) is -1.43. The van der Waals surface area contributed by atoms with Crippen molar-refractivity contribution in [2.45, 2.75) is 13.0 Å². The molecule has 0 saturated heterocycles. The predicted molar refractivity (Wildman–Crippen MR) is 97.6 cm³/mol. The van der Waals surface area contributed by atoms with Crippen LogP contribution in [0, 0.1) is 10.1 Å². The first-order valence-corrected chi connectivity index (χ1v) is 7.94. The molecule has 0 aliphatic heterocycles. The van der Waals surface area contributed by atoms with Crippen LogP contribution in [-0.4, -0.2) is 30.0 Å². The summed E-state index contributed by atoms with van der Waals surface area (Å²) in [5, 5.41) is 16.6. The van der Waals surface area contributed by atoms with E-state index in [0.717, 1.165) is 6.07 Å². The number of benzene rings is 2. The second kappa shape index (κ2) is 8.30. The number of ether oxygens (including phenoxy) is 1. The van der Waals surface area contributed by atoms with E-state index in [1.54, 1.807) is 24.3 Å². The van der Waals surface area contributed by atoms with Crippen molar-refractivity contribution in [1.29, 1.82) is 0 Å². The van der Waals surface area contributed by atoms with Gasteiger partial charge in [-0.1, -0.05) is 23.7 Å². The number of nitro benzene ring substituents is 1. The topological polar surface area (TPSA) is 111 Å². The van der Waals surface area contributed by atoms with Crippen molar-refractivity contribution < 1.29 is 19.2 Å². The minimum atomic E-state index is -1.12. The average molecular weight is 378 g/mol. The Kier molecular flexibility index (Phi) is 6.13. The molecule has 2 aromatic rings. The molecule has 2 rings (SSSR count). The maximum absolute atomic E-state index is 12.2. The fraction of sp³-hybridized carbons (Fsp3) is 0.176. The number of nitrogens with zero attached hydrogens (tertiary/aromatic N) is 1. The molecule has 0 unspecified atom stereocenters. The average Bonchev–Trinajstić information content (AvgIpc) is 2.62. The van der Waals surface area contributed by atoms with Crippen molar-refractivity contribution >= 4 is 40.5 Å². The molecule has 0 aromatic heterocycles. The van der Waals surface area contributed by atoms with Gasteiger partial charge in [-0.25, -0.2) is 4.79 Å². The molecule has 0 heterocycles. The van der Waals surface area contributed by atoms with Gasteiger partial charge < -0.3 is 15.4 Å². The van der Waals surface area contributed by atoms with Crippen LogP contribution in [0.25, 0.3) is 0 Å². The molecule has 0 fully saturated rings. The summed E-state index contributed by atoms with van der Waals surface area (Å²) in [4.78, 5) is 34.8. The minimum absolute atomic E-state index is 0.0342. The highest BCUT2D eigenvalue weighted by atomic mass is 35.5. The van der Waals surface area contributed by atoms with Gasteiger partial charge in [0.1, 0.15) is 5.69 Å². The van der Waals surface area contributed by atoms with Crippen molar-refractivity contribution in [3.05, 3.63) is 63.2 Å². The molecule has 2 aromatic carbocycles. The van der Waals surface area contributed by atoms with Gasteiger partial charge in [0.25, 0.3) is 11.6 Å². The molecular formula is C17H16ClN3O5. The fourth-order valence-corrected chi connectivity index (χ4v) is 2.28. The van der Waals surface area contributed by atoms with E-state index in [1.807, 2.05) is 0 Å². The van der Waals surface area contributed by atoms with Gasteiger partial charge in [-0.05, 0) is 31.2 Å². The molecule has 2 N–H and O–H groups in total. The third kappa shape index (κ3) is 4.48. The Morgan fingerprint density at radius 3 is 2.50 bits per heavy atom. The monoisotopic (exact) mass is 377 g/mol. The van der Waals surface area contributed by atoms with Gasteiger partial charge in [0.2, 0.25) is 0 Å². The molecule has 9 heteroatoms. The maximum Gasteiger partial charge on any atom is 0.339 e. The molecule has 0 aliphatic carbocycles. The number of para-hydroxylation sites is 1. The van der Waals surface area contributed by atoms with Crippen LogP contribution >= 0.6 is 11.6 Å². The first kappa shape index (κ1) is 19.2. The van der Waals surface area contributed by atoms with Crippen molar-refractivity contribution in [2.24, 2.45) is 0 Å². The van der Waals surface area contributed by atoms with Gasteiger partial charge in [0, 0.05) is 13.1 Å². The Balaban J connectivity index is 2.09. The Morgan fingerprint density at radius 1 is 1.19 bits per heavy atom. The number of carbonyl (C=O) groups is 2. The maximum atomic E-state index is 12.2. The van der Waals surface area contributed by atoms with Gasteiger partial charge in [-0.3, -0.25) is 14.9 Å². The molecule has 1 amide bonds. The molecule has 0 bridgehead atoms. The lowest BCUT2D eigenvalue weighted by Crippen LogP contribution is -2.30. The lowest BCUT2D eigenvalue weighted by molar-refractivity contribution is -0.384. The number of carbonyl (C=O) groups excluding carboxylic acids is 2. The summed E-state index contributed by atoms with van der Waals surface area (Å²) in [6, 6.07) is 10.5. The van der Waals surface area contributed by atoms with E-state index >= 15 is 0 Å². The summed E-state index contributed by atoms with van der Waals surface area (Å²) in [7, 11) is 1.53. The van der Waals surface area contributed by atoms with E-state index in [2.05, 4.69) is 10.6 Å². The van der Waals surface area contributed by atoms with Crippen LogP contribution in [0.3, 0.4) is 0 Å². The van der Waals surface area contributed by atoms with Crippen molar-refractivity contribution in [1.82, 2.24) is 0 Å². The smallest absolute Gasteiger partial charge is 0.339 e. The van der Waals surface area contributed by atoms with Crippen LogP contribution in [0.2, 0.25) is 5.02 Å². The number of anilines is 2. The number of amides is 1. The molecule has 0 radical (unpaired) electrons. The van der Waals surface area contributed by atoms with Gasteiger partial charge in [0.05, 0.1) is 21.2 Å². The third-order valence-electron chi connectivity index (χ3n) is 3.48. The highest BCUT2D eigenvalue weighted by Crippen LogP contribution is 2.26. The van der Waals surface area contributed by atoms with Crippen molar-refractivity contribution in [3.8, 4) is 0 Å². The van der Waals surface area contributed by atoms with Crippen LogP contribution in [-0.2, 0) is 9.53 Å². The number of hydrogen-bond donors (Lipinski definition) is 2. The van der Waals surface area contributed by atoms with E-state index in [4.69, 9.17) is 16.3 Å². The predicted octanol–water partition coefficient (Wildman–Crippen LogP) is 3.47. The Labute approximate surface area is 154 Å². The number of nitrogens with one attached hydrogen (secondary N) is 2. The zero-order valence-corrected chi connectivity index (χ0v) is 14.7. The molecule has 0 saturated carbocycles. The minimum Gasteiger partial charge on any atom is -0.449 e. The van der Waals surface area contributed by atoms with Crippen molar-refractivity contribution in [2.75, 3.05) is 17.7 Å². The van der Waals surface area contributed by atoms with Gasteiger partial charge in [-0.2, -0.15) is 0 Å². The fourth-order valence-electron chi connectivity index (χ4n) is 2.10. The second-order valence-corrected chi connectivity index (χ2v) is 5.66. The number of hydrogen-bond acceptors (Lipinski definition) is 6. The summed E-state index contributed by atoms with van der Waals surface area (Å²) < 4.78 is 5.08. The molecule has 0 spiro atoms. The van der Waals surface area contributed by atoms with Crippen molar-refractivity contribution in [3.63, 3.8) is 0 Å². The van der Waals surface area contributed by atoms with Gasteiger partial charge >= 0.3 is 5.97 Å². The lowest BCUT2D eigenvalue weighted by Gasteiger charge is -2.14. The zero-order valence-electron chi connectivity index (χ0n) is 14.0. The lowest BCUT2D eigenvalue weighted by atomic mass is 10.1. The van der Waals surface area contributed by atoms with E-state index in [-0.39, 0.29) is 16.9 Å². The Hall–Kier alpha value is -3.13. The molecule has 0 aliphatic rings. The number of halogens is 1. The van der Waals surface area contributed by atoms with Crippen LogP contribution in [0.15, 0.2) is 42.5 Å². The quantitative estimate of drug-likeness (QED) is 0.453. The first-order chi connectivity index (χ1) is 12.3. The molecular weight excluding hydrogens is 362 g/mol. The van der Waals surface area contributed by atoms with E-state index in [9.17, 15) is 19.7 Å². The number of nitro groups is 1. The van der Waals surface area contributed by atoms with E-state index in [0.29, 0.717) is 10.7 Å². The summed E-state index contributed by atoms with van der Waals surface area (Å²) in [6.45, 7) is 1.39. The normalized spacial score (nSPS) is 11.3. The van der Waals surface area contributed by atoms with Crippen LogP contribution < -0.4 is 10.6 Å². The van der Waals surface area contributed by atoms with Crippen LogP contribution in [0.1, 0.15) is 17.3 Å². The number of esters is 1. The van der Waals surface area contributed by atoms with Gasteiger partial charge in [-0.15, -0.1) is 0 Å². The molecule has 1 atom stereocenters. The van der Waals surface area contributed by atoms with Crippen LogP contribution in [0.5, 0.6) is 0 Å². The molecule has 26 heavy (non-hydrogen) atoms. The zero-order chi connectivity index (χ0) is 19.3. The summed E-state index contributed by atoms with van der Waals surface area (Å²) in [6.07, 6.45) is -1.12. The second-order valence-electron chi connectivity index (χ2n) is 5.26. The molecule has 8 nitrogen and oxygen atoms in total. The Morgan fingerprint density at radius 2 is 1.88 bits per heavy atom. The highest BCUT2D eigenvalue weighted by Gasteiger charge is 2.22. The van der Waals surface area contributed by atoms with E-state index < -0.39 is 22.9 Å². The Bertz CT molecular complexity index is 856. The first-order valence-electron chi connectivity index (χ1n) is 7.56. The summed E-state index contributed by atoms with van der Waals surface area (Å²) >= 11 is 5.96. The molecule has 136 valence electrons. The number of rotatable bonds is 6.